The van der Waals surface area contributed by atoms with Gasteiger partial charge in [0.25, 0.3) is 0 Å². The summed E-state index contributed by atoms with van der Waals surface area (Å²) < 4.78 is 29.0. The number of aliphatic carboxylic acids is 1. The summed E-state index contributed by atoms with van der Waals surface area (Å²) in [6.07, 6.45) is 3.92. The van der Waals surface area contributed by atoms with Crippen LogP contribution in [0.4, 0.5) is 16.2 Å². The number of hydrogen-bond acceptors (Lipinski definition) is 7. The topological polar surface area (TPSA) is 194 Å². The predicted octanol–water partition coefficient (Wildman–Crippen LogP) is 5.15. The van der Waals surface area contributed by atoms with E-state index in [1.807, 2.05) is 39.0 Å². The Labute approximate surface area is 334 Å². The molecule has 5 N–H and O–H groups in total. The van der Waals surface area contributed by atoms with Gasteiger partial charge in [0.05, 0.1) is 11.3 Å². The first-order valence-corrected chi connectivity index (χ1v) is 21.0. The van der Waals surface area contributed by atoms with Crippen LogP contribution in [-0.4, -0.2) is 90.2 Å². The largest absolute Gasteiger partial charge is 0.480 e. The third-order valence-corrected chi connectivity index (χ3v) is 13.2. The number of rotatable bonds is 16. The summed E-state index contributed by atoms with van der Waals surface area (Å²) in [5, 5.41) is 21.0. The van der Waals surface area contributed by atoms with E-state index in [-0.39, 0.29) is 48.1 Å². The molecule has 3 aromatic carbocycles. The van der Waals surface area contributed by atoms with Crippen molar-refractivity contribution in [3.8, 4) is 0 Å². The van der Waals surface area contributed by atoms with Crippen molar-refractivity contribution in [2.45, 2.75) is 101 Å². The number of nitrogens with zero attached hydrogens (tertiary/aromatic N) is 2. The Balaban J connectivity index is 1.17. The van der Waals surface area contributed by atoms with Crippen LogP contribution < -0.4 is 21.3 Å². The molecule has 1 heterocycles. The maximum atomic E-state index is 13.9. The third-order valence-electron chi connectivity index (χ3n) is 11.2. The Kier molecular flexibility index (Phi) is 14.5. The summed E-state index contributed by atoms with van der Waals surface area (Å²) in [4.78, 5) is 67.2. The highest BCUT2D eigenvalue weighted by Gasteiger charge is 2.51. The van der Waals surface area contributed by atoms with E-state index in [2.05, 4.69) is 21.3 Å². The van der Waals surface area contributed by atoms with Gasteiger partial charge in [-0.05, 0) is 85.9 Å². The fraction of sp³-hybridized carbons (Fsp3) is 0.452. The minimum Gasteiger partial charge on any atom is -0.480 e. The van der Waals surface area contributed by atoms with Crippen LogP contribution in [0, 0.1) is 18.8 Å². The van der Waals surface area contributed by atoms with Crippen molar-refractivity contribution in [1.29, 1.82) is 0 Å². The molecule has 0 spiro atoms. The van der Waals surface area contributed by atoms with Crippen LogP contribution in [-0.2, 0) is 35.6 Å². The number of likely N-dealkylation sites (N-methyl/N-ethyl adjacent to an activating group) is 1. The summed E-state index contributed by atoms with van der Waals surface area (Å²) >= 11 is 0. The first-order chi connectivity index (χ1) is 27.2. The minimum atomic E-state index is -4.04. The van der Waals surface area contributed by atoms with Gasteiger partial charge in [0.2, 0.25) is 27.7 Å². The van der Waals surface area contributed by atoms with Crippen molar-refractivity contribution in [3.05, 3.63) is 90.0 Å². The first kappa shape index (κ1) is 42.9. The monoisotopic (exact) mass is 802 g/mol. The molecule has 5 rings (SSSR count). The van der Waals surface area contributed by atoms with Crippen LogP contribution in [0.1, 0.15) is 69.9 Å². The lowest BCUT2D eigenvalue weighted by Gasteiger charge is -2.33. The number of fused-ring (bicyclic) bond motifs is 1. The van der Waals surface area contributed by atoms with Crippen molar-refractivity contribution < 1.29 is 37.5 Å². The maximum Gasteiger partial charge on any atom is 0.326 e. The number of aryl methyl sites for hydroxylation is 1. The molecule has 3 aromatic rings. The van der Waals surface area contributed by atoms with Gasteiger partial charge >= 0.3 is 12.0 Å². The maximum absolute atomic E-state index is 13.9. The SMILES string of the molecule is CCC(C)[C@@H](C(=O)NCC[C@H](NC(=O)[C@@H]1CC2CCCCC2N1S(=O)(=O)c1ccccc1)C(=O)O)N(C)C(=O)Cc1ccc(NC(=O)Nc2ccccc2C)cc1. The predicted molar refractivity (Wildman–Crippen MR) is 217 cm³/mol. The first-order valence-electron chi connectivity index (χ1n) is 19.6. The van der Waals surface area contributed by atoms with Crippen LogP contribution in [0.3, 0.4) is 0 Å². The molecule has 1 aliphatic carbocycles. The zero-order chi connectivity index (χ0) is 41.3. The lowest BCUT2D eigenvalue weighted by Crippen LogP contribution is -2.54. The van der Waals surface area contributed by atoms with Gasteiger partial charge in [0.1, 0.15) is 18.1 Å². The minimum absolute atomic E-state index is 0.000584. The van der Waals surface area contributed by atoms with E-state index < -0.39 is 52.0 Å². The molecule has 14 nitrogen and oxygen atoms in total. The average molecular weight is 803 g/mol. The molecule has 2 fully saturated rings. The van der Waals surface area contributed by atoms with Gasteiger partial charge in [0, 0.05) is 31.0 Å². The molecule has 0 radical (unpaired) electrons. The normalized spacial score (nSPS) is 19.6. The number of carbonyl (C=O) groups is 5. The van der Waals surface area contributed by atoms with Crippen molar-refractivity contribution in [2.75, 3.05) is 24.2 Å². The average Bonchev–Trinajstić information content (AvgIpc) is 3.60. The molecule has 2 aliphatic rings. The number of carboxylic acid groups (broad SMARTS) is 1. The van der Waals surface area contributed by atoms with Gasteiger partial charge in [-0.15, -0.1) is 0 Å². The molecule has 1 saturated carbocycles. The van der Waals surface area contributed by atoms with E-state index >= 15 is 0 Å². The van der Waals surface area contributed by atoms with Crippen LogP contribution in [0.15, 0.2) is 83.8 Å². The number of benzene rings is 3. The Morgan fingerprint density at radius 1 is 0.912 bits per heavy atom. The van der Waals surface area contributed by atoms with Crippen LogP contribution in [0.5, 0.6) is 0 Å². The Bertz CT molecular complexity index is 2010. The highest BCUT2D eigenvalue weighted by atomic mass is 32.2. The number of nitrogens with one attached hydrogen (secondary N) is 4. The van der Waals surface area contributed by atoms with Gasteiger partial charge in [0.15, 0.2) is 0 Å². The molecule has 1 saturated heterocycles. The lowest BCUT2D eigenvalue weighted by atomic mass is 9.85. The van der Waals surface area contributed by atoms with E-state index in [0.717, 1.165) is 24.8 Å². The van der Waals surface area contributed by atoms with E-state index in [9.17, 15) is 37.5 Å². The quantitative estimate of drug-likeness (QED) is 0.131. The van der Waals surface area contributed by atoms with Crippen LogP contribution in [0.25, 0.3) is 0 Å². The summed E-state index contributed by atoms with van der Waals surface area (Å²) in [7, 11) is -2.49. The van der Waals surface area contributed by atoms with Crippen molar-refractivity contribution >= 4 is 51.1 Å². The number of para-hydroxylation sites is 1. The molecule has 0 bridgehead atoms. The number of anilines is 2. The summed E-state index contributed by atoms with van der Waals surface area (Å²) in [5.74, 6) is -3.02. The second-order valence-electron chi connectivity index (χ2n) is 15.1. The summed E-state index contributed by atoms with van der Waals surface area (Å²) in [6, 6.07) is 18.1. The molecular weight excluding hydrogens is 749 g/mol. The molecule has 0 aromatic heterocycles. The molecule has 57 heavy (non-hydrogen) atoms. The lowest BCUT2D eigenvalue weighted by molar-refractivity contribution is -0.142. The van der Waals surface area contributed by atoms with E-state index in [0.29, 0.717) is 36.2 Å². The van der Waals surface area contributed by atoms with Gasteiger partial charge in [-0.1, -0.05) is 81.6 Å². The van der Waals surface area contributed by atoms with Gasteiger partial charge in [-0.25, -0.2) is 18.0 Å². The molecule has 5 amide bonds. The van der Waals surface area contributed by atoms with Crippen LogP contribution in [0.2, 0.25) is 0 Å². The molecule has 1 aliphatic heterocycles. The highest BCUT2D eigenvalue weighted by Crippen LogP contribution is 2.43. The molecule has 306 valence electrons. The van der Waals surface area contributed by atoms with Crippen LogP contribution >= 0.6 is 0 Å². The highest BCUT2D eigenvalue weighted by molar-refractivity contribution is 7.89. The number of hydrogen-bond donors (Lipinski definition) is 5. The number of urea groups is 1. The molecule has 15 heteroatoms. The van der Waals surface area contributed by atoms with Crippen molar-refractivity contribution in [3.63, 3.8) is 0 Å². The van der Waals surface area contributed by atoms with E-state index in [4.69, 9.17) is 0 Å². The second-order valence-corrected chi connectivity index (χ2v) is 16.9. The Hall–Kier alpha value is -5.28. The summed E-state index contributed by atoms with van der Waals surface area (Å²) in [6.45, 7) is 5.54. The second kappa shape index (κ2) is 19.2. The number of carbonyl (C=O) groups excluding carboxylic acids is 4. The van der Waals surface area contributed by atoms with Crippen molar-refractivity contribution in [1.82, 2.24) is 19.8 Å². The van der Waals surface area contributed by atoms with E-state index in [1.165, 1.54) is 21.3 Å². The number of sulfonamides is 1. The third kappa shape index (κ3) is 10.6. The molecule has 6 atom stereocenters. The van der Waals surface area contributed by atoms with Gasteiger partial charge in [-0.3, -0.25) is 14.4 Å². The van der Waals surface area contributed by atoms with Gasteiger partial charge < -0.3 is 31.3 Å². The zero-order valence-electron chi connectivity index (χ0n) is 32.9. The standard InChI is InChI=1S/C42H54N6O8S/c1-5-27(2)38(47(4)37(49)25-29-19-21-31(22-20-29)44-42(54)46-33-17-11-9-13-28(33)3)40(51)43-24-23-34(41(52)53)45-39(50)36-26-30-14-10-12-18-35(30)48(36)57(55,56)32-15-7-6-8-16-32/h6-9,11,13,15-17,19-22,27,30,34-36,38H,5,10,12,14,18,23-26H2,1-4H3,(H,43,51)(H,45,50)(H,52,53)(H2,44,46,54)/t27?,30?,34-,35?,36-,38-/m0/s1. The number of amides is 5. The Morgan fingerprint density at radius 2 is 1.58 bits per heavy atom. The number of carboxylic acids is 1. The summed E-state index contributed by atoms with van der Waals surface area (Å²) in [5.41, 5.74) is 2.83. The molecular formula is C42H54N6O8S. The Morgan fingerprint density at radius 3 is 2.25 bits per heavy atom. The molecule has 3 unspecified atom stereocenters. The van der Waals surface area contributed by atoms with E-state index in [1.54, 1.807) is 55.6 Å². The fourth-order valence-electron chi connectivity index (χ4n) is 7.87. The fourth-order valence-corrected chi connectivity index (χ4v) is 9.76. The van der Waals surface area contributed by atoms with Crippen molar-refractivity contribution in [2.24, 2.45) is 11.8 Å². The smallest absolute Gasteiger partial charge is 0.326 e. The van der Waals surface area contributed by atoms with Gasteiger partial charge in [-0.2, -0.15) is 4.31 Å². The zero-order valence-corrected chi connectivity index (χ0v) is 33.8.